The first-order valence-electron chi connectivity index (χ1n) is 6.63. The Balaban J connectivity index is 0.00000400. The van der Waals surface area contributed by atoms with Gasteiger partial charge in [-0.05, 0) is 45.2 Å². The van der Waals surface area contributed by atoms with Crippen LogP contribution in [0.25, 0.3) is 0 Å². The van der Waals surface area contributed by atoms with Crippen LogP contribution in [-0.2, 0) is 0 Å². The average Bonchev–Trinajstić information content (AvgIpc) is 2.38. The van der Waals surface area contributed by atoms with Gasteiger partial charge in [0.15, 0.2) is 0 Å². The van der Waals surface area contributed by atoms with Crippen LogP contribution < -0.4 is 21.3 Å². The van der Waals surface area contributed by atoms with Crippen LogP contribution in [-0.4, -0.2) is 38.1 Å². The Morgan fingerprint density at radius 3 is 2.24 bits per heavy atom. The molecule has 0 saturated carbocycles. The number of likely N-dealkylation sites (N-methyl/N-ethyl adjacent to an activating group) is 1. The number of nitrogens with one attached hydrogen (secondary N) is 4. The molecule has 0 fully saturated rings. The van der Waals surface area contributed by atoms with Gasteiger partial charge in [0.25, 0.3) is 5.91 Å². The predicted octanol–water partition coefficient (Wildman–Crippen LogP) is 1.59. The van der Waals surface area contributed by atoms with E-state index in [0.29, 0.717) is 17.8 Å². The van der Waals surface area contributed by atoms with E-state index in [1.54, 1.807) is 24.3 Å². The van der Waals surface area contributed by atoms with Crippen LogP contribution in [0.15, 0.2) is 24.3 Å². The van der Waals surface area contributed by atoms with Crippen LogP contribution >= 0.6 is 12.4 Å². The summed E-state index contributed by atoms with van der Waals surface area (Å²) in [6.07, 6.45) is 0. The lowest BCUT2D eigenvalue weighted by Crippen LogP contribution is -2.34. The monoisotopic (exact) mass is 314 g/mol. The molecule has 0 aliphatic carbocycles. The highest BCUT2D eigenvalue weighted by molar-refractivity contribution is 5.95. The summed E-state index contributed by atoms with van der Waals surface area (Å²) in [6, 6.07) is 6.58. The van der Waals surface area contributed by atoms with Gasteiger partial charge in [0.2, 0.25) is 0 Å². The fourth-order valence-electron chi connectivity index (χ4n) is 1.54. The molecule has 0 heterocycles. The number of carbonyl (C=O) groups excluding carboxylic acids is 2. The van der Waals surface area contributed by atoms with Crippen LogP contribution in [0.4, 0.5) is 10.5 Å². The molecular weight excluding hydrogens is 292 g/mol. The quantitative estimate of drug-likeness (QED) is 0.602. The van der Waals surface area contributed by atoms with Crippen molar-refractivity contribution in [2.45, 2.75) is 19.9 Å². The summed E-state index contributed by atoms with van der Waals surface area (Å²) in [4.78, 5) is 23.3. The number of hydrogen-bond acceptors (Lipinski definition) is 3. The van der Waals surface area contributed by atoms with E-state index in [0.717, 1.165) is 6.54 Å². The second-order valence-electron chi connectivity index (χ2n) is 4.69. The summed E-state index contributed by atoms with van der Waals surface area (Å²) >= 11 is 0. The highest BCUT2D eigenvalue weighted by Gasteiger charge is 2.06. The Bertz CT molecular complexity index is 449. The van der Waals surface area contributed by atoms with E-state index in [4.69, 9.17) is 0 Å². The lowest BCUT2D eigenvalue weighted by atomic mass is 10.2. The molecule has 7 heteroatoms. The van der Waals surface area contributed by atoms with Crippen molar-refractivity contribution in [1.82, 2.24) is 16.0 Å². The Labute approximate surface area is 131 Å². The van der Waals surface area contributed by atoms with Gasteiger partial charge in [-0.1, -0.05) is 0 Å². The van der Waals surface area contributed by atoms with Crippen molar-refractivity contribution in [2.24, 2.45) is 0 Å². The zero-order chi connectivity index (χ0) is 15.0. The third kappa shape index (κ3) is 7.53. The maximum absolute atomic E-state index is 11.8. The van der Waals surface area contributed by atoms with Crippen LogP contribution in [0.5, 0.6) is 0 Å². The number of anilines is 1. The first-order valence-corrected chi connectivity index (χ1v) is 6.63. The molecule has 0 atom stereocenters. The molecule has 0 radical (unpaired) electrons. The van der Waals surface area contributed by atoms with Gasteiger partial charge in [-0.25, -0.2) is 4.79 Å². The smallest absolute Gasteiger partial charge is 0.319 e. The van der Waals surface area contributed by atoms with Crippen molar-refractivity contribution >= 4 is 30.0 Å². The van der Waals surface area contributed by atoms with E-state index in [-0.39, 0.29) is 30.4 Å². The van der Waals surface area contributed by atoms with Crippen molar-refractivity contribution in [3.63, 3.8) is 0 Å². The van der Waals surface area contributed by atoms with Crippen molar-refractivity contribution < 1.29 is 9.59 Å². The number of urea groups is 1. The first-order chi connectivity index (χ1) is 9.52. The van der Waals surface area contributed by atoms with Gasteiger partial charge in [0, 0.05) is 30.4 Å². The van der Waals surface area contributed by atoms with E-state index >= 15 is 0 Å². The zero-order valence-corrected chi connectivity index (χ0v) is 13.3. The number of amides is 3. The molecule has 118 valence electrons. The Morgan fingerprint density at radius 1 is 1.10 bits per heavy atom. The molecule has 1 aromatic carbocycles. The van der Waals surface area contributed by atoms with Crippen LogP contribution in [0.1, 0.15) is 24.2 Å². The standard InChI is InChI=1S/C14H22N4O2.ClH/c1-10(2)17-14(20)18-12-6-4-11(5-7-12)13(19)16-9-8-15-3;/h4-7,10,15H,8-9H2,1-3H3,(H,16,19)(H2,17,18,20);1H. The van der Waals surface area contributed by atoms with Gasteiger partial charge in [-0.15, -0.1) is 12.4 Å². The molecule has 0 bridgehead atoms. The molecule has 0 saturated heterocycles. The maximum atomic E-state index is 11.8. The maximum Gasteiger partial charge on any atom is 0.319 e. The van der Waals surface area contributed by atoms with Gasteiger partial charge in [-0.3, -0.25) is 4.79 Å². The van der Waals surface area contributed by atoms with E-state index in [9.17, 15) is 9.59 Å². The first kappa shape index (κ1) is 19.2. The van der Waals surface area contributed by atoms with Crippen molar-refractivity contribution in [1.29, 1.82) is 0 Å². The van der Waals surface area contributed by atoms with Crippen molar-refractivity contribution in [3.05, 3.63) is 29.8 Å². The van der Waals surface area contributed by atoms with Gasteiger partial charge in [0.05, 0.1) is 0 Å². The number of rotatable bonds is 6. The summed E-state index contributed by atoms with van der Waals surface area (Å²) in [5.74, 6) is -0.126. The fourth-order valence-corrected chi connectivity index (χ4v) is 1.54. The van der Waals surface area contributed by atoms with E-state index in [1.807, 2.05) is 20.9 Å². The summed E-state index contributed by atoms with van der Waals surface area (Å²) in [5, 5.41) is 11.2. The molecule has 0 aliphatic heterocycles. The lowest BCUT2D eigenvalue weighted by molar-refractivity contribution is 0.0954. The zero-order valence-electron chi connectivity index (χ0n) is 12.5. The molecule has 0 unspecified atom stereocenters. The molecule has 4 N–H and O–H groups in total. The molecular formula is C14H23ClN4O2. The number of benzene rings is 1. The van der Waals surface area contributed by atoms with Crippen LogP contribution in [0.3, 0.4) is 0 Å². The molecule has 1 rings (SSSR count). The topological polar surface area (TPSA) is 82.3 Å². The highest BCUT2D eigenvalue weighted by Crippen LogP contribution is 2.09. The van der Waals surface area contributed by atoms with Crippen molar-refractivity contribution in [2.75, 3.05) is 25.5 Å². The minimum absolute atomic E-state index is 0. The summed E-state index contributed by atoms with van der Waals surface area (Å²) in [6.45, 7) is 5.07. The van der Waals surface area contributed by atoms with Crippen molar-refractivity contribution in [3.8, 4) is 0 Å². The van der Waals surface area contributed by atoms with E-state index < -0.39 is 0 Å². The van der Waals surface area contributed by atoms with Gasteiger partial charge in [0.1, 0.15) is 0 Å². The Hall–Kier alpha value is -1.79. The Morgan fingerprint density at radius 2 is 1.71 bits per heavy atom. The molecule has 0 aromatic heterocycles. The number of halogens is 1. The van der Waals surface area contributed by atoms with Gasteiger partial charge in [-0.2, -0.15) is 0 Å². The second kappa shape index (κ2) is 10.0. The second-order valence-corrected chi connectivity index (χ2v) is 4.69. The van der Waals surface area contributed by atoms with Crippen LogP contribution in [0, 0.1) is 0 Å². The third-order valence-corrected chi connectivity index (χ3v) is 2.49. The fraction of sp³-hybridized carbons (Fsp3) is 0.429. The van der Waals surface area contributed by atoms with Gasteiger partial charge >= 0.3 is 6.03 Å². The molecule has 0 aliphatic rings. The molecule has 0 spiro atoms. The lowest BCUT2D eigenvalue weighted by Gasteiger charge is -2.10. The largest absolute Gasteiger partial charge is 0.351 e. The summed E-state index contributed by atoms with van der Waals surface area (Å²) < 4.78 is 0. The molecule has 1 aromatic rings. The highest BCUT2D eigenvalue weighted by atomic mass is 35.5. The molecule has 3 amide bonds. The van der Waals surface area contributed by atoms with Crippen LogP contribution in [0.2, 0.25) is 0 Å². The average molecular weight is 315 g/mol. The van der Waals surface area contributed by atoms with Gasteiger partial charge < -0.3 is 21.3 Å². The molecule has 21 heavy (non-hydrogen) atoms. The number of carbonyl (C=O) groups is 2. The summed E-state index contributed by atoms with van der Waals surface area (Å²) in [7, 11) is 1.83. The van der Waals surface area contributed by atoms with E-state index in [1.165, 1.54) is 0 Å². The third-order valence-electron chi connectivity index (χ3n) is 2.49. The normalized spacial score (nSPS) is 9.71. The van der Waals surface area contributed by atoms with E-state index in [2.05, 4.69) is 21.3 Å². The minimum atomic E-state index is -0.258. The SMILES string of the molecule is CNCCNC(=O)c1ccc(NC(=O)NC(C)C)cc1.Cl. The predicted molar refractivity (Wildman–Crippen MR) is 87.2 cm³/mol. The minimum Gasteiger partial charge on any atom is -0.351 e. The summed E-state index contributed by atoms with van der Waals surface area (Å²) in [5.41, 5.74) is 1.21. The Kier molecular flexibility index (Phi) is 9.16. The molecule has 6 nitrogen and oxygen atoms in total. The number of hydrogen-bond donors (Lipinski definition) is 4.